The summed E-state index contributed by atoms with van der Waals surface area (Å²) in [5.74, 6) is 1.14. The van der Waals surface area contributed by atoms with Gasteiger partial charge in [-0.1, -0.05) is 11.6 Å². The van der Waals surface area contributed by atoms with Gasteiger partial charge in [-0.25, -0.2) is 0 Å². The molecule has 1 aromatic rings. The van der Waals surface area contributed by atoms with Gasteiger partial charge in [0.1, 0.15) is 5.75 Å². The monoisotopic (exact) mass is 300 g/mol. The Hall–Kier alpha value is -0.710. The number of benzene rings is 1. The zero-order chi connectivity index (χ0) is 13.8. The number of ether oxygens (including phenoxy) is 2. The smallest absolute Gasteiger partial charge is 0.172 e. The number of hydrogen-bond acceptors (Lipinski definition) is 4. The molecule has 1 fully saturated rings. The maximum Gasteiger partial charge on any atom is 0.172 e. The van der Waals surface area contributed by atoms with Gasteiger partial charge in [0.25, 0.3) is 0 Å². The first-order valence-electron chi connectivity index (χ1n) is 6.21. The fraction of sp³-hybridized carbons (Fsp3) is 0.500. The number of rotatable bonds is 5. The largest absolute Gasteiger partial charge is 0.495 e. The van der Waals surface area contributed by atoms with Crippen molar-refractivity contribution in [3.63, 3.8) is 0 Å². The quantitative estimate of drug-likeness (QED) is 0.780. The Balaban J connectivity index is 1.94. The molecule has 2 unspecified atom stereocenters. The van der Waals surface area contributed by atoms with Gasteiger partial charge in [0, 0.05) is 17.4 Å². The number of Topliss-reactive ketones (excluding diaryl/α,β-unsaturated/α-hetero) is 1. The molecule has 0 aliphatic carbocycles. The third-order valence-electron chi connectivity index (χ3n) is 3.21. The molecule has 0 radical (unpaired) electrons. The second kappa shape index (κ2) is 6.64. The molecule has 2 atom stereocenters. The molecule has 1 aliphatic heterocycles. The molecular formula is C14H17ClO3S. The van der Waals surface area contributed by atoms with Crippen LogP contribution in [0.25, 0.3) is 0 Å². The van der Waals surface area contributed by atoms with E-state index in [4.69, 9.17) is 21.1 Å². The number of carbonyl (C=O) groups excluding carboxylic acids is 1. The number of carbonyl (C=O) groups is 1. The molecule has 1 heterocycles. The van der Waals surface area contributed by atoms with Gasteiger partial charge in [-0.15, -0.1) is 11.8 Å². The van der Waals surface area contributed by atoms with Gasteiger partial charge in [-0.2, -0.15) is 0 Å². The van der Waals surface area contributed by atoms with E-state index >= 15 is 0 Å². The van der Waals surface area contributed by atoms with Crippen molar-refractivity contribution in [1.82, 2.24) is 0 Å². The third kappa shape index (κ3) is 3.65. The van der Waals surface area contributed by atoms with Gasteiger partial charge in [0.05, 0.1) is 24.0 Å². The van der Waals surface area contributed by atoms with Gasteiger partial charge in [0.15, 0.2) is 5.78 Å². The van der Waals surface area contributed by atoms with Crippen LogP contribution in [0.3, 0.4) is 0 Å². The minimum Gasteiger partial charge on any atom is -0.495 e. The SMILES string of the molecule is COc1ccc(C(=O)CSC2CCOC2C)cc1Cl. The Bertz CT molecular complexity index is 464. The van der Waals surface area contributed by atoms with Crippen molar-refractivity contribution in [3.8, 4) is 5.75 Å². The summed E-state index contributed by atoms with van der Waals surface area (Å²) in [6.07, 6.45) is 1.25. The summed E-state index contributed by atoms with van der Waals surface area (Å²) in [7, 11) is 1.56. The minimum atomic E-state index is 0.0913. The molecule has 0 amide bonds. The van der Waals surface area contributed by atoms with Crippen LogP contribution in [0.15, 0.2) is 18.2 Å². The molecule has 3 nitrogen and oxygen atoms in total. The number of methoxy groups -OCH3 is 1. The molecule has 0 bridgehead atoms. The topological polar surface area (TPSA) is 35.5 Å². The van der Waals surface area contributed by atoms with Crippen molar-refractivity contribution in [2.75, 3.05) is 19.5 Å². The molecular weight excluding hydrogens is 284 g/mol. The zero-order valence-electron chi connectivity index (χ0n) is 11.0. The normalized spacial score (nSPS) is 22.5. The van der Waals surface area contributed by atoms with Crippen LogP contribution in [-0.4, -0.2) is 36.6 Å². The number of halogens is 1. The van der Waals surface area contributed by atoms with Crippen LogP contribution in [0.2, 0.25) is 5.02 Å². The van der Waals surface area contributed by atoms with E-state index < -0.39 is 0 Å². The Morgan fingerprint density at radius 2 is 2.37 bits per heavy atom. The Kier molecular flexibility index (Phi) is 5.13. The Morgan fingerprint density at radius 1 is 1.58 bits per heavy atom. The molecule has 19 heavy (non-hydrogen) atoms. The van der Waals surface area contributed by atoms with E-state index in [1.165, 1.54) is 0 Å². The summed E-state index contributed by atoms with van der Waals surface area (Å²) in [6.45, 7) is 2.85. The van der Waals surface area contributed by atoms with Crippen LogP contribution < -0.4 is 4.74 Å². The lowest BCUT2D eigenvalue weighted by atomic mass is 10.1. The Morgan fingerprint density at radius 3 is 2.95 bits per heavy atom. The number of hydrogen-bond donors (Lipinski definition) is 0. The van der Waals surface area contributed by atoms with Crippen molar-refractivity contribution in [3.05, 3.63) is 28.8 Å². The van der Waals surface area contributed by atoms with Crippen LogP contribution >= 0.6 is 23.4 Å². The van der Waals surface area contributed by atoms with E-state index in [9.17, 15) is 4.79 Å². The molecule has 1 aromatic carbocycles. The van der Waals surface area contributed by atoms with Gasteiger partial charge in [0.2, 0.25) is 0 Å². The van der Waals surface area contributed by atoms with Gasteiger partial charge >= 0.3 is 0 Å². The molecule has 104 valence electrons. The first kappa shape index (κ1) is 14.7. The molecule has 0 N–H and O–H groups in total. The highest BCUT2D eigenvalue weighted by atomic mass is 35.5. The van der Waals surface area contributed by atoms with Crippen LogP contribution in [-0.2, 0) is 4.74 Å². The first-order chi connectivity index (χ1) is 9.11. The molecule has 1 saturated heterocycles. The second-order valence-electron chi connectivity index (χ2n) is 4.49. The minimum absolute atomic E-state index is 0.0913. The van der Waals surface area contributed by atoms with Crippen LogP contribution in [0.4, 0.5) is 0 Å². The molecule has 0 spiro atoms. The lowest BCUT2D eigenvalue weighted by Gasteiger charge is -2.13. The molecule has 0 aromatic heterocycles. The van der Waals surface area contributed by atoms with Crippen molar-refractivity contribution < 1.29 is 14.3 Å². The van der Waals surface area contributed by atoms with Gasteiger partial charge < -0.3 is 9.47 Å². The maximum absolute atomic E-state index is 12.1. The van der Waals surface area contributed by atoms with Crippen LogP contribution in [0.1, 0.15) is 23.7 Å². The summed E-state index contributed by atoms with van der Waals surface area (Å²) < 4.78 is 10.6. The highest BCUT2D eigenvalue weighted by Crippen LogP contribution is 2.28. The zero-order valence-corrected chi connectivity index (χ0v) is 12.6. The molecule has 1 aliphatic rings. The third-order valence-corrected chi connectivity index (χ3v) is 4.98. The standard InChI is InChI=1S/C14H17ClO3S/c1-9-14(5-6-18-9)19-8-12(16)10-3-4-13(17-2)11(15)7-10/h3-4,7,9,14H,5-6,8H2,1-2H3. The first-order valence-corrected chi connectivity index (χ1v) is 7.64. The van der Waals surface area contributed by atoms with Crippen molar-refractivity contribution >= 4 is 29.1 Å². The maximum atomic E-state index is 12.1. The fourth-order valence-corrected chi connectivity index (χ4v) is 3.44. The van der Waals surface area contributed by atoms with Crippen molar-refractivity contribution in [2.24, 2.45) is 0 Å². The van der Waals surface area contributed by atoms with Gasteiger partial charge in [-0.05, 0) is 31.5 Å². The van der Waals surface area contributed by atoms with Crippen LogP contribution in [0, 0.1) is 0 Å². The fourth-order valence-electron chi connectivity index (χ4n) is 2.04. The lowest BCUT2D eigenvalue weighted by molar-refractivity contribution is 0.102. The van der Waals surface area contributed by atoms with Crippen molar-refractivity contribution in [2.45, 2.75) is 24.7 Å². The predicted molar refractivity (Wildman–Crippen MR) is 78.6 cm³/mol. The van der Waals surface area contributed by atoms with E-state index in [1.54, 1.807) is 37.1 Å². The van der Waals surface area contributed by atoms with E-state index in [0.717, 1.165) is 13.0 Å². The average Bonchev–Trinajstić information content (AvgIpc) is 2.81. The molecule has 5 heteroatoms. The molecule has 0 saturated carbocycles. The van der Waals surface area contributed by atoms with E-state index in [-0.39, 0.29) is 11.9 Å². The average molecular weight is 301 g/mol. The van der Waals surface area contributed by atoms with E-state index in [0.29, 0.717) is 27.3 Å². The summed E-state index contributed by atoms with van der Waals surface area (Å²) in [5, 5.41) is 0.883. The number of ketones is 1. The predicted octanol–water partition coefficient (Wildman–Crippen LogP) is 3.44. The van der Waals surface area contributed by atoms with Crippen molar-refractivity contribution in [1.29, 1.82) is 0 Å². The summed E-state index contributed by atoms with van der Waals surface area (Å²) >= 11 is 7.68. The Labute approximate surface area is 122 Å². The number of thioether (sulfide) groups is 1. The summed E-state index contributed by atoms with van der Waals surface area (Å²) in [5.41, 5.74) is 0.630. The van der Waals surface area contributed by atoms with Gasteiger partial charge in [-0.3, -0.25) is 4.79 Å². The van der Waals surface area contributed by atoms with E-state index in [2.05, 4.69) is 6.92 Å². The summed E-state index contributed by atoms with van der Waals surface area (Å²) in [4.78, 5) is 12.1. The van der Waals surface area contributed by atoms with E-state index in [1.807, 2.05) is 0 Å². The van der Waals surface area contributed by atoms with Crippen LogP contribution in [0.5, 0.6) is 5.75 Å². The summed E-state index contributed by atoms with van der Waals surface area (Å²) in [6, 6.07) is 5.14. The molecule has 2 rings (SSSR count). The lowest BCUT2D eigenvalue weighted by Crippen LogP contribution is -2.16. The highest BCUT2D eigenvalue weighted by molar-refractivity contribution is 8.00. The highest BCUT2D eigenvalue weighted by Gasteiger charge is 2.25. The second-order valence-corrected chi connectivity index (χ2v) is 6.12.